The molecule has 1 saturated carbocycles. The quantitative estimate of drug-likeness (QED) is 0.628. The van der Waals surface area contributed by atoms with Crippen molar-refractivity contribution in [3.8, 4) is 5.75 Å². The zero-order chi connectivity index (χ0) is 15.9. The van der Waals surface area contributed by atoms with Crippen molar-refractivity contribution in [1.82, 2.24) is 0 Å². The van der Waals surface area contributed by atoms with E-state index in [1.54, 1.807) is 11.6 Å². The minimum atomic E-state index is -3.00. The van der Waals surface area contributed by atoms with Gasteiger partial charge in [0.1, 0.15) is 0 Å². The van der Waals surface area contributed by atoms with E-state index < -0.39 is 18.2 Å². The normalized spacial score (nSPS) is 22.4. The third kappa shape index (κ3) is 5.24. The molecule has 1 fully saturated rings. The van der Waals surface area contributed by atoms with Crippen LogP contribution in [0.25, 0.3) is 0 Å². The molecule has 0 bridgehead atoms. The van der Waals surface area contributed by atoms with Crippen LogP contribution in [-0.4, -0.2) is 6.61 Å². The van der Waals surface area contributed by atoms with E-state index >= 15 is 0 Å². The van der Waals surface area contributed by atoms with E-state index in [0.717, 1.165) is 44.1 Å². The maximum Gasteiger partial charge on any atom is 0.387 e. The molecule has 0 aliphatic heterocycles. The van der Waals surface area contributed by atoms with Gasteiger partial charge in [0.05, 0.1) is 0 Å². The number of hydrogen-bond donors (Lipinski definition) is 0. The molecule has 0 radical (unpaired) electrons. The van der Waals surface area contributed by atoms with E-state index in [4.69, 9.17) is 11.6 Å². The fourth-order valence-electron chi connectivity index (χ4n) is 3.03. The summed E-state index contributed by atoms with van der Waals surface area (Å²) in [7, 11) is 0. The first-order valence-corrected chi connectivity index (χ1v) is 8.02. The molecule has 0 heterocycles. The summed E-state index contributed by atoms with van der Waals surface area (Å²) >= 11 is 5.60. The second kappa shape index (κ2) is 8.47. The molecule has 0 N–H and O–H groups in total. The second-order valence-corrected chi connectivity index (χ2v) is 6.03. The first-order chi connectivity index (χ1) is 10.6. The molecule has 1 aromatic carbocycles. The van der Waals surface area contributed by atoms with Crippen molar-refractivity contribution < 1.29 is 17.9 Å². The van der Waals surface area contributed by atoms with Crippen LogP contribution in [0.5, 0.6) is 5.75 Å². The minimum absolute atomic E-state index is 0.396. The molecule has 122 valence electrons. The maximum atomic E-state index is 13.6. The van der Waals surface area contributed by atoms with Crippen molar-refractivity contribution in [3.63, 3.8) is 0 Å². The first-order valence-electron chi connectivity index (χ1n) is 7.58. The molecule has 0 saturated heterocycles. The lowest BCUT2D eigenvalue weighted by atomic mass is 9.79. The zero-order valence-electron chi connectivity index (χ0n) is 12.3. The molecule has 5 heteroatoms. The number of aryl methyl sites for hydroxylation is 1. The lowest BCUT2D eigenvalue weighted by Gasteiger charge is -2.26. The van der Waals surface area contributed by atoms with Crippen LogP contribution in [0.15, 0.2) is 29.8 Å². The molecule has 1 nitrogen and oxygen atoms in total. The summed E-state index contributed by atoms with van der Waals surface area (Å²) in [5, 5.41) is 0. The molecule has 0 amide bonds. The van der Waals surface area contributed by atoms with Gasteiger partial charge < -0.3 is 4.74 Å². The number of rotatable bonds is 6. The van der Waals surface area contributed by atoms with Crippen LogP contribution in [0.4, 0.5) is 13.2 Å². The average molecular weight is 333 g/mol. The van der Waals surface area contributed by atoms with Crippen molar-refractivity contribution in [2.75, 3.05) is 0 Å². The molecule has 1 aliphatic carbocycles. The molecular formula is C17H20ClF3O. The van der Waals surface area contributed by atoms with Crippen LogP contribution in [0.3, 0.4) is 0 Å². The Bertz CT molecular complexity index is 497. The minimum Gasteiger partial charge on any atom is -0.432 e. The van der Waals surface area contributed by atoms with Crippen LogP contribution in [0, 0.1) is 17.7 Å². The fourth-order valence-corrected chi connectivity index (χ4v) is 3.24. The van der Waals surface area contributed by atoms with Crippen LogP contribution >= 0.6 is 11.6 Å². The molecule has 22 heavy (non-hydrogen) atoms. The summed E-state index contributed by atoms with van der Waals surface area (Å²) in [6, 6.07) is 4.22. The van der Waals surface area contributed by atoms with E-state index in [1.807, 2.05) is 0 Å². The lowest BCUT2D eigenvalue weighted by molar-refractivity contribution is -0.0522. The van der Waals surface area contributed by atoms with Gasteiger partial charge >= 0.3 is 6.61 Å². The average Bonchev–Trinajstić information content (AvgIpc) is 2.49. The van der Waals surface area contributed by atoms with Crippen molar-refractivity contribution >= 4 is 11.6 Å². The highest BCUT2D eigenvalue weighted by Gasteiger charge is 2.19. The molecule has 1 aliphatic rings. The SMILES string of the molecule is Fc1cc(CCC2CCC(/C=C/Cl)CC2)ccc1OC(F)F. The van der Waals surface area contributed by atoms with Gasteiger partial charge in [-0.3, -0.25) is 0 Å². The van der Waals surface area contributed by atoms with Crippen molar-refractivity contribution in [1.29, 1.82) is 0 Å². The Hall–Kier alpha value is -1.16. The summed E-state index contributed by atoms with van der Waals surface area (Å²) in [5.74, 6) is 0.0953. The highest BCUT2D eigenvalue weighted by atomic mass is 35.5. The van der Waals surface area contributed by atoms with Gasteiger partial charge in [-0.2, -0.15) is 8.78 Å². The Morgan fingerprint density at radius 1 is 1.23 bits per heavy atom. The molecular weight excluding hydrogens is 313 g/mol. The number of halogens is 4. The summed E-state index contributed by atoms with van der Waals surface area (Å²) < 4.78 is 41.9. The summed E-state index contributed by atoms with van der Waals surface area (Å²) in [4.78, 5) is 0. The van der Waals surface area contributed by atoms with Crippen LogP contribution < -0.4 is 4.74 Å². The lowest BCUT2D eigenvalue weighted by Crippen LogP contribution is -2.13. The second-order valence-electron chi connectivity index (χ2n) is 5.78. The Balaban J connectivity index is 1.81. The van der Waals surface area contributed by atoms with E-state index in [-0.39, 0.29) is 0 Å². The van der Waals surface area contributed by atoms with Gasteiger partial charge in [0.2, 0.25) is 0 Å². The predicted octanol–water partition coefficient (Wildman–Crippen LogP) is 5.92. The topological polar surface area (TPSA) is 9.23 Å². The molecule has 0 atom stereocenters. The van der Waals surface area contributed by atoms with Crippen LogP contribution in [0.2, 0.25) is 0 Å². The van der Waals surface area contributed by atoms with Crippen molar-refractivity contribution in [2.24, 2.45) is 11.8 Å². The Labute approximate surface area is 134 Å². The van der Waals surface area contributed by atoms with Crippen molar-refractivity contribution in [3.05, 3.63) is 41.2 Å². The summed E-state index contributed by atoms with van der Waals surface area (Å²) in [6.45, 7) is -3.00. The third-order valence-electron chi connectivity index (χ3n) is 4.29. The van der Waals surface area contributed by atoms with E-state index in [1.165, 1.54) is 12.1 Å². The van der Waals surface area contributed by atoms with Gasteiger partial charge in [0, 0.05) is 5.54 Å². The van der Waals surface area contributed by atoms with Gasteiger partial charge in [0.25, 0.3) is 0 Å². The van der Waals surface area contributed by atoms with Gasteiger partial charge in [0.15, 0.2) is 11.6 Å². The number of hydrogen-bond acceptors (Lipinski definition) is 1. The number of benzene rings is 1. The van der Waals surface area contributed by atoms with Gasteiger partial charge in [-0.25, -0.2) is 4.39 Å². The number of alkyl halides is 2. The zero-order valence-corrected chi connectivity index (χ0v) is 13.0. The van der Waals surface area contributed by atoms with E-state index in [9.17, 15) is 13.2 Å². The number of ether oxygens (including phenoxy) is 1. The van der Waals surface area contributed by atoms with Crippen LogP contribution in [-0.2, 0) is 6.42 Å². The first kappa shape index (κ1) is 17.2. The number of allylic oxidation sites excluding steroid dienone is 1. The van der Waals surface area contributed by atoms with E-state index in [2.05, 4.69) is 10.8 Å². The third-order valence-corrected chi connectivity index (χ3v) is 4.44. The highest BCUT2D eigenvalue weighted by Crippen LogP contribution is 2.32. The van der Waals surface area contributed by atoms with E-state index in [0.29, 0.717) is 11.8 Å². The van der Waals surface area contributed by atoms with Gasteiger partial charge in [-0.1, -0.05) is 23.7 Å². The molecule has 1 aromatic rings. The van der Waals surface area contributed by atoms with Crippen LogP contribution in [0.1, 0.15) is 37.7 Å². The molecule has 0 spiro atoms. The highest BCUT2D eigenvalue weighted by molar-refractivity contribution is 6.25. The predicted molar refractivity (Wildman–Crippen MR) is 81.8 cm³/mol. The molecule has 0 unspecified atom stereocenters. The summed E-state index contributed by atoms with van der Waals surface area (Å²) in [5.41, 5.74) is 2.42. The largest absolute Gasteiger partial charge is 0.432 e. The van der Waals surface area contributed by atoms with Gasteiger partial charge in [-0.15, -0.1) is 0 Å². The molecule has 0 aromatic heterocycles. The smallest absolute Gasteiger partial charge is 0.387 e. The summed E-state index contributed by atoms with van der Waals surface area (Å²) in [6.07, 6.45) is 8.39. The van der Waals surface area contributed by atoms with Gasteiger partial charge in [-0.05, 0) is 68.1 Å². The maximum absolute atomic E-state index is 13.6. The Kier molecular flexibility index (Phi) is 6.62. The van der Waals surface area contributed by atoms with Crippen molar-refractivity contribution in [2.45, 2.75) is 45.1 Å². The fraction of sp³-hybridized carbons (Fsp3) is 0.529. The Morgan fingerprint density at radius 2 is 1.95 bits per heavy atom. The Morgan fingerprint density at radius 3 is 2.55 bits per heavy atom. The molecule has 2 rings (SSSR count). The monoisotopic (exact) mass is 332 g/mol. The standard InChI is InChI=1S/C17H20ClF3O/c18-10-9-13-3-1-12(2-4-13)5-6-14-7-8-16(15(19)11-14)22-17(20)21/h7-13,17H,1-6H2/b10-9+.